The topological polar surface area (TPSA) is 51.0 Å². The molecule has 0 spiro atoms. The minimum absolute atomic E-state index is 0.144. The maximum Gasteiger partial charge on any atom is 0.250 e. The Morgan fingerprint density at radius 2 is 2.08 bits per heavy atom. The van der Waals surface area contributed by atoms with Crippen LogP contribution < -0.4 is 10.5 Å². The number of aryl methyl sites for hydroxylation is 2. The summed E-state index contributed by atoms with van der Waals surface area (Å²) < 4.78 is 1.99. The summed E-state index contributed by atoms with van der Waals surface area (Å²) in [6, 6.07) is 5.72. The Labute approximate surface area is 155 Å². The van der Waals surface area contributed by atoms with Crippen molar-refractivity contribution in [2.24, 2.45) is 5.92 Å². The SMILES string of the molecule is O=c1cccc2n1CC1CC2CN(c2ncnc3sc4c(c23)CCC4)C1. The highest BCUT2D eigenvalue weighted by Gasteiger charge is 2.36. The molecule has 5 nitrogen and oxygen atoms in total. The summed E-state index contributed by atoms with van der Waals surface area (Å²) >= 11 is 1.85. The van der Waals surface area contributed by atoms with Crippen molar-refractivity contribution in [1.82, 2.24) is 14.5 Å². The number of pyridine rings is 1. The molecule has 0 aromatic carbocycles. The van der Waals surface area contributed by atoms with Gasteiger partial charge in [-0.05, 0) is 43.2 Å². The second-order valence-electron chi connectivity index (χ2n) is 7.84. The van der Waals surface area contributed by atoms with Crippen LogP contribution in [0.25, 0.3) is 10.2 Å². The number of fused-ring (bicyclic) bond motifs is 7. The van der Waals surface area contributed by atoms with Gasteiger partial charge in [0.05, 0.1) is 5.39 Å². The van der Waals surface area contributed by atoms with Gasteiger partial charge in [-0.15, -0.1) is 11.3 Å². The van der Waals surface area contributed by atoms with Crippen molar-refractivity contribution in [2.45, 2.75) is 38.1 Å². The standard InChI is InChI=1S/C20H20N4OS/c25-17-6-2-4-15-13-7-12(9-24(15)17)8-23(10-13)19-18-14-3-1-5-16(14)26-20(18)22-11-21-19/h2,4,6,11-13H,1,3,5,7-10H2. The molecule has 3 aromatic heterocycles. The van der Waals surface area contributed by atoms with Gasteiger partial charge in [0.1, 0.15) is 17.0 Å². The van der Waals surface area contributed by atoms with E-state index in [2.05, 4.69) is 16.0 Å². The Hall–Kier alpha value is -2.21. The molecule has 0 amide bonds. The molecule has 6 rings (SSSR count). The number of rotatable bonds is 1. The highest BCUT2D eigenvalue weighted by Crippen LogP contribution is 2.43. The van der Waals surface area contributed by atoms with Gasteiger partial charge in [0, 0.05) is 42.2 Å². The third kappa shape index (κ3) is 2.05. The molecule has 132 valence electrons. The quantitative estimate of drug-likeness (QED) is 0.666. The van der Waals surface area contributed by atoms with Gasteiger partial charge in [-0.2, -0.15) is 0 Å². The highest BCUT2D eigenvalue weighted by atomic mass is 32.1. The minimum Gasteiger partial charge on any atom is -0.355 e. The summed E-state index contributed by atoms with van der Waals surface area (Å²) in [6.07, 6.45) is 6.51. The fraction of sp³-hybridized carbons (Fsp3) is 0.450. The highest BCUT2D eigenvalue weighted by molar-refractivity contribution is 7.19. The molecule has 3 aromatic rings. The van der Waals surface area contributed by atoms with E-state index in [-0.39, 0.29) is 5.56 Å². The van der Waals surface area contributed by atoms with Crippen molar-refractivity contribution in [3.63, 3.8) is 0 Å². The fourth-order valence-corrected chi connectivity index (χ4v) is 6.44. The number of hydrogen-bond acceptors (Lipinski definition) is 5. The third-order valence-electron chi connectivity index (χ3n) is 6.26. The molecule has 0 saturated carbocycles. The van der Waals surface area contributed by atoms with Crippen LogP contribution >= 0.6 is 11.3 Å². The number of piperidine rings is 1. The van der Waals surface area contributed by atoms with Crippen LogP contribution in [0.5, 0.6) is 0 Å². The van der Waals surface area contributed by atoms with Crippen molar-refractivity contribution in [1.29, 1.82) is 0 Å². The Morgan fingerprint density at radius 3 is 3.04 bits per heavy atom. The molecule has 5 heterocycles. The van der Waals surface area contributed by atoms with E-state index >= 15 is 0 Å². The Bertz CT molecular complexity index is 1090. The van der Waals surface area contributed by atoms with Gasteiger partial charge >= 0.3 is 0 Å². The molecule has 2 unspecified atom stereocenters. The van der Waals surface area contributed by atoms with Crippen molar-refractivity contribution >= 4 is 27.4 Å². The van der Waals surface area contributed by atoms with E-state index in [1.165, 1.54) is 40.8 Å². The van der Waals surface area contributed by atoms with E-state index in [1.54, 1.807) is 12.4 Å². The van der Waals surface area contributed by atoms with Crippen LogP contribution in [0, 0.1) is 5.92 Å². The molecule has 3 aliphatic rings. The molecule has 1 saturated heterocycles. The summed E-state index contributed by atoms with van der Waals surface area (Å²) in [4.78, 5) is 26.7. The van der Waals surface area contributed by atoms with Crippen molar-refractivity contribution < 1.29 is 0 Å². The average molecular weight is 364 g/mol. The van der Waals surface area contributed by atoms with Crippen LogP contribution in [-0.2, 0) is 19.4 Å². The number of hydrogen-bond donors (Lipinski definition) is 0. The monoisotopic (exact) mass is 364 g/mol. The predicted octanol–water partition coefficient (Wildman–Crippen LogP) is 2.97. The van der Waals surface area contributed by atoms with Crippen LogP contribution in [0.4, 0.5) is 5.82 Å². The number of aromatic nitrogens is 3. The summed E-state index contributed by atoms with van der Waals surface area (Å²) in [6.45, 7) is 2.75. The molecule has 2 bridgehead atoms. The molecule has 1 fully saturated rings. The molecule has 26 heavy (non-hydrogen) atoms. The maximum absolute atomic E-state index is 12.2. The third-order valence-corrected chi connectivity index (χ3v) is 7.46. The molecule has 0 radical (unpaired) electrons. The lowest BCUT2D eigenvalue weighted by molar-refractivity contribution is 0.281. The summed E-state index contributed by atoms with van der Waals surface area (Å²) in [5.41, 5.74) is 2.83. The minimum atomic E-state index is 0.144. The number of thiophene rings is 1. The predicted molar refractivity (Wildman–Crippen MR) is 103 cm³/mol. The second-order valence-corrected chi connectivity index (χ2v) is 8.92. The first-order chi connectivity index (χ1) is 12.8. The van der Waals surface area contributed by atoms with Gasteiger partial charge in [0.15, 0.2) is 0 Å². The zero-order chi connectivity index (χ0) is 17.3. The molecule has 0 N–H and O–H groups in total. The normalized spacial score (nSPS) is 23.9. The van der Waals surface area contributed by atoms with Gasteiger partial charge in [-0.1, -0.05) is 6.07 Å². The Morgan fingerprint density at radius 1 is 1.12 bits per heavy atom. The lowest BCUT2D eigenvalue weighted by atomic mass is 9.83. The average Bonchev–Trinajstić information content (AvgIpc) is 3.23. The van der Waals surface area contributed by atoms with Crippen LogP contribution in [-0.4, -0.2) is 27.6 Å². The van der Waals surface area contributed by atoms with E-state index in [9.17, 15) is 4.79 Å². The molecular weight excluding hydrogens is 344 g/mol. The van der Waals surface area contributed by atoms with Gasteiger partial charge in [-0.3, -0.25) is 4.79 Å². The molecule has 2 atom stereocenters. The largest absolute Gasteiger partial charge is 0.355 e. The summed E-state index contributed by atoms with van der Waals surface area (Å²) in [7, 11) is 0. The van der Waals surface area contributed by atoms with E-state index in [0.29, 0.717) is 11.8 Å². The van der Waals surface area contributed by atoms with Gasteiger partial charge in [0.25, 0.3) is 5.56 Å². The van der Waals surface area contributed by atoms with Crippen molar-refractivity contribution in [2.75, 3.05) is 18.0 Å². The first-order valence-corrected chi connectivity index (χ1v) is 10.3. The van der Waals surface area contributed by atoms with Crippen molar-refractivity contribution in [3.05, 3.63) is 51.0 Å². The van der Waals surface area contributed by atoms with Crippen LogP contribution in [0.1, 0.15) is 34.9 Å². The molecule has 6 heteroatoms. The van der Waals surface area contributed by atoms with E-state index in [0.717, 1.165) is 36.7 Å². The molecule has 1 aliphatic carbocycles. The smallest absolute Gasteiger partial charge is 0.250 e. The van der Waals surface area contributed by atoms with E-state index < -0.39 is 0 Å². The molecular formula is C20H20N4OS. The van der Waals surface area contributed by atoms with Crippen LogP contribution in [0.3, 0.4) is 0 Å². The Kier molecular flexibility index (Phi) is 3.09. The van der Waals surface area contributed by atoms with Gasteiger partial charge in [-0.25, -0.2) is 9.97 Å². The summed E-state index contributed by atoms with van der Waals surface area (Å²) in [5.74, 6) is 2.04. The van der Waals surface area contributed by atoms with Crippen molar-refractivity contribution in [3.8, 4) is 0 Å². The van der Waals surface area contributed by atoms with Crippen LogP contribution in [0.2, 0.25) is 0 Å². The zero-order valence-corrected chi connectivity index (χ0v) is 15.3. The number of anilines is 1. The lowest BCUT2D eigenvalue weighted by Gasteiger charge is -2.43. The first-order valence-electron chi connectivity index (χ1n) is 9.48. The lowest BCUT2D eigenvalue weighted by Crippen LogP contribution is -2.47. The van der Waals surface area contributed by atoms with Gasteiger partial charge in [0.2, 0.25) is 0 Å². The van der Waals surface area contributed by atoms with E-state index in [4.69, 9.17) is 4.98 Å². The van der Waals surface area contributed by atoms with E-state index in [1.807, 2.05) is 22.0 Å². The Balaban J connectivity index is 1.45. The maximum atomic E-state index is 12.2. The van der Waals surface area contributed by atoms with Gasteiger partial charge < -0.3 is 9.47 Å². The second kappa shape index (κ2) is 5.39. The summed E-state index contributed by atoms with van der Waals surface area (Å²) in [5, 5.41) is 1.30. The number of nitrogens with zero attached hydrogens (tertiary/aromatic N) is 4. The fourth-order valence-electron chi connectivity index (χ4n) is 5.22. The molecule has 2 aliphatic heterocycles. The zero-order valence-electron chi connectivity index (χ0n) is 14.5. The first kappa shape index (κ1) is 14.9. The van der Waals surface area contributed by atoms with Crippen LogP contribution in [0.15, 0.2) is 29.3 Å².